The summed E-state index contributed by atoms with van der Waals surface area (Å²) in [6.45, 7) is 2.66. The van der Waals surface area contributed by atoms with Gasteiger partial charge in [0.05, 0.1) is 22.9 Å². The molecule has 3 heterocycles. The molecule has 1 aliphatic rings. The van der Waals surface area contributed by atoms with Gasteiger partial charge >= 0.3 is 0 Å². The maximum absolute atomic E-state index is 11.5. The third-order valence-electron chi connectivity index (χ3n) is 3.31. The summed E-state index contributed by atoms with van der Waals surface area (Å²) in [5, 5.41) is 8.31. The van der Waals surface area contributed by atoms with Crippen molar-refractivity contribution in [2.24, 2.45) is 7.05 Å². The number of likely N-dealkylation sites (tertiary alicyclic amines) is 1. The van der Waals surface area contributed by atoms with Gasteiger partial charge in [-0.3, -0.25) is 14.4 Å². The average molecular weight is 324 g/mol. The van der Waals surface area contributed by atoms with Crippen molar-refractivity contribution in [2.45, 2.75) is 12.6 Å². The second kappa shape index (κ2) is 4.90. The minimum atomic E-state index is -0.0643. The van der Waals surface area contributed by atoms with Crippen molar-refractivity contribution in [2.75, 3.05) is 13.1 Å². The summed E-state index contributed by atoms with van der Waals surface area (Å²) in [5.74, 6) is 0. The monoisotopic (exact) mass is 323 g/mol. The van der Waals surface area contributed by atoms with Crippen LogP contribution in [0.3, 0.4) is 0 Å². The second-order valence-electron chi connectivity index (χ2n) is 4.81. The first kappa shape index (κ1) is 12.6. The molecule has 19 heavy (non-hydrogen) atoms. The number of hydrogen-bond acceptors (Lipinski definition) is 4. The number of rotatable bonds is 3. The van der Waals surface area contributed by atoms with E-state index in [2.05, 4.69) is 31.0 Å². The van der Waals surface area contributed by atoms with E-state index in [9.17, 15) is 4.79 Å². The minimum absolute atomic E-state index is 0.0643. The van der Waals surface area contributed by atoms with E-state index in [-0.39, 0.29) is 5.56 Å². The van der Waals surface area contributed by atoms with Gasteiger partial charge in [-0.05, 0) is 21.5 Å². The van der Waals surface area contributed by atoms with E-state index in [1.165, 1.54) is 4.68 Å². The highest BCUT2D eigenvalue weighted by Crippen LogP contribution is 2.23. The predicted octanol–water partition coefficient (Wildman–Crippen LogP) is 0.796. The van der Waals surface area contributed by atoms with E-state index in [1.54, 1.807) is 25.5 Å². The normalized spacial score (nSPS) is 16.5. The van der Waals surface area contributed by atoms with Gasteiger partial charge in [0.2, 0.25) is 0 Å². The molecule has 1 fully saturated rings. The van der Waals surface area contributed by atoms with Gasteiger partial charge in [0.1, 0.15) is 0 Å². The highest BCUT2D eigenvalue weighted by atomic mass is 79.9. The van der Waals surface area contributed by atoms with Crippen LogP contribution in [0.2, 0.25) is 0 Å². The van der Waals surface area contributed by atoms with Gasteiger partial charge in [-0.15, -0.1) is 0 Å². The van der Waals surface area contributed by atoms with Crippen LogP contribution in [0, 0.1) is 0 Å². The third kappa shape index (κ3) is 2.62. The molecule has 0 atom stereocenters. The molecule has 1 saturated heterocycles. The molecule has 0 radical (unpaired) electrons. The van der Waals surface area contributed by atoms with Crippen molar-refractivity contribution < 1.29 is 0 Å². The van der Waals surface area contributed by atoms with Crippen LogP contribution in [0.15, 0.2) is 33.9 Å². The van der Waals surface area contributed by atoms with Crippen molar-refractivity contribution >= 4 is 15.9 Å². The standard InChI is InChI=1S/C12H14BrN5O/c1-16-12(19)2-9(3-14-16)5-17-7-11(8-17)18-6-10(13)4-15-18/h2-4,6,11H,5,7-8H2,1H3. The molecular formula is C12H14BrN5O. The van der Waals surface area contributed by atoms with E-state index in [4.69, 9.17) is 0 Å². The molecule has 0 N–H and O–H groups in total. The fourth-order valence-electron chi connectivity index (χ4n) is 2.21. The summed E-state index contributed by atoms with van der Waals surface area (Å²) in [5.41, 5.74) is 0.897. The Labute approximate surface area is 118 Å². The zero-order chi connectivity index (χ0) is 13.4. The first-order valence-electron chi connectivity index (χ1n) is 6.06. The summed E-state index contributed by atoms with van der Waals surface area (Å²) in [6.07, 6.45) is 5.54. The molecule has 0 bridgehead atoms. The summed E-state index contributed by atoms with van der Waals surface area (Å²) in [6, 6.07) is 2.07. The Morgan fingerprint density at radius 3 is 2.79 bits per heavy atom. The van der Waals surface area contributed by atoms with E-state index in [1.807, 2.05) is 10.9 Å². The van der Waals surface area contributed by atoms with Crippen LogP contribution in [0.1, 0.15) is 11.6 Å². The Kier molecular flexibility index (Phi) is 3.24. The van der Waals surface area contributed by atoms with Crippen LogP contribution >= 0.6 is 15.9 Å². The highest BCUT2D eigenvalue weighted by molar-refractivity contribution is 9.10. The van der Waals surface area contributed by atoms with Gasteiger partial charge in [0, 0.05) is 38.9 Å². The maximum Gasteiger partial charge on any atom is 0.266 e. The Morgan fingerprint density at radius 1 is 1.37 bits per heavy atom. The molecular weight excluding hydrogens is 310 g/mol. The molecule has 0 amide bonds. The van der Waals surface area contributed by atoms with Crippen LogP contribution in [-0.4, -0.2) is 37.6 Å². The zero-order valence-corrected chi connectivity index (χ0v) is 12.1. The van der Waals surface area contributed by atoms with E-state index in [0.29, 0.717) is 6.04 Å². The van der Waals surface area contributed by atoms with Crippen molar-refractivity contribution in [3.63, 3.8) is 0 Å². The van der Waals surface area contributed by atoms with Crippen molar-refractivity contribution in [1.29, 1.82) is 0 Å². The predicted molar refractivity (Wildman–Crippen MR) is 73.7 cm³/mol. The maximum atomic E-state index is 11.5. The number of aryl methyl sites for hydroxylation is 1. The van der Waals surface area contributed by atoms with Crippen LogP contribution in [0.4, 0.5) is 0 Å². The Balaban J connectivity index is 1.59. The number of hydrogen-bond donors (Lipinski definition) is 0. The Bertz CT molecular complexity index is 644. The average Bonchev–Trinajstić information content (AvgIpc) is 2.74. The molecule has 100 valence electrons. The lowest BCUT2D eigenvalue weighted by molar-refractivity contribution is 0.0906. The van der Waals surface area contributed by atoms with Crippen molar-refractivity contribution in [3.05, 3.63) is 45.0 Å². The van der Waals surface area contributed by atoms with Crippen LogP contribution in [0.5, 0.6) is 0 Å². The van der Waals surface area contributed by atoms with E-state index < -0.39 is 0 Å². The van der Waals surface area contributed by atoms with Crippen molar-refractivity contribution in [1.82, 2.24) is 24.5 Å². The smallest absolute Gasteiger partial charge is 0.266 e. The molecule has 0 saturated carbocycles. The molecule has 7 heteroatoms. The summed E-state index contributed by atoms with van der Waals surface area (Å²) in [4.78, 5) is 13.8. The topological polar surface area (TPSA) is 56.0 Å². The largest absolute Gasteiger partial charge is 0.295 e. The van der Waals surface area contributed by atoms with Crippen LogP contribution < -0.4 is 5.56 Å². The quantitative estimate of drug-likeness (QED) is 0.838. The van der Waals surface area contributed by atoms with Gasteiger partial charge in [-0.1, -0.05) is 0 Å². The lowest BCUT2D eigenvalue weighted by Crippen LogP contribution is -2.47. The molecule has 2 aromatic rings. The Morgan fingerprint density at radius 2 is 2.16 bits per heavy atom. The molecule has 6 nitrogen and oxygen atoms in total. The summed E-state index contributed by atoms with van der Waals surface area (Å²) in [7, 11) is 1.65. The Hall–Kier alpha value is -1.47. The fourth-order valence-corrected chi connectivity index (χ4v) is 2.51. The summed E-state index contributed by atoms with van der Waals surface area (Å²) >= 11 is 3.40. The van der Waals surface area contributed by atoms with Crippen molar-refractivity contribution in [3.8, 4) is 0 Å². The first-order valence-corrected chi connectivity index (χ1v) is 6.85. The lowest BCUT2D eigenvalue weighted by atomic mass is 10.1. The number of halogens is 1. The third-order valence-corrected chi connectivity index (χ3v) is 3.72. The molecule has 0 aromatic carbocycles. The number of nitrogens with zero attached hydrogens (tertiary/aromatic N) is 5. The first-order chi connectivity index (χ1) is 9.11. The second-order valence-corrected chi connectivity index (χ2v) is 5.73. The van der Waals surface area contributed by atoms with E-state index >= 15 is 0 Å². The van der Waals surface area contributed by atoms with Gasteiger partial charge < -0.3 is 0 Å². The SMILES string of the molecule is Cn1ncc(CN2CC(n3cc(Br)cn3)C2)cc1=O. The van der Waals surface area contributed by atoms with Crippen LogP contribution in [-0.2, 0) is 13.6 Å². The molecule has 1 aliphatic heterocycles. The minimum Gasteiger partial charge on any atom is -0.295 e. The molecule has 0 aliphatic carbocycles. The van der Waals surface area contributed by atoms with E-state index in [0.717, 1.165) is 29.7 Å². The molecule has 3 rings (SSSR count). The highest BCUT2D eigenvalue weighted by Gasteiger charge is 2.28. The van der Waals surface area contributed by atoms with Crippen LogP contribution in [0.25, 0.3) is 0 Å². The summed E-state index contributed by atoms with van der Waals surface area (Å²) < 4.78 is 4.31. The van der Waals surface area contributed by atoms with Gasteiger partial charge in [-0.25, -0.2) is 4.68 Å². The molecule has 0 unspecified atom stereocenters. The fraction of sp³-hybridized carbons (Fsp3) is 0.417. The van der Waals surface area contributed by atoms with Gasteiger partial charge in [0.25, 0.3) is 5.56 Å². The van der Waals surface area contributed by atoms with Gasteiger partial charge in [0.15, 0.2) is 0 Å². The number of aromatic nitrogens is 4. The lowest BCUT2D eigenvalue weighted by Gasteiger charge is -2.39. The molecule has 0 spiro atoms. The van der Waals surface area contributed by atoms with Gasteiger partial charge in [-0.2, -0.15) is 10.2 Å². The molecule has 2 aromatic heterocycles. The zero-order valence-electron chi connectivity index (χ0n) is 10.5.